The molecule has 1 rings (SSSR count). The second kappa shape index (κ2) is 6.02. The quantitative estimate of drug-likeness (QED) is 0.446. The summed E-state index contributed by atoms with van der Waals surface area (Å²) in [4.78, 5) is 1.22. The first-order valence-corrected chi connectivity index (χ1v) is 5.35. The molecule has 0 saturated heterocycles. The van der Waals surface area contributed by atoms with Crippen LogP contribution in [-0.4, -0.2) is 12.5 Å². The van der Waals surface area contributed by atoms with Crippen LogP contribution >= 0.6 is 11.8 Å². The van der Waals surface area contributed by atoms with Crippen molar-refractivity contribution in [3.05, 3.63) is 29.8 Å². The second-order valence-electron chi connectivity index (χ2n) is 2.61. The van der Waals surface area contributed by atoms with Crippen LogP contribution in [0, 0.1) is 0 Å². The van der Waals surface area contributed by atoms with Gasteiger partial charge in [-0.25, -0.2) is 0 Å². The first-order chi connectivity index (χ1) is 6.36. The van der Waals surface area contributed by atoms with Gasteiger partial charge in [0.2, 0.25) is 0 Å². The normalized spacial score (nSPS) is 10.3. The van der Waals surface area contributed by atoms with E-state index in [1.807, 2.05) is 19.1 Å². The van der Waals surface area contributed by atoms with Gasteiger partial charge >= 0.3 is 0 Å². The van der Waals surface area contributed by atoms with Crippen LogP contribution in [0.1, 0.15) is 12.5 Å². The maximum atomic E-state index is 5.53. The lowest BCUT2D eigenvalue weighted by molar-refractivity contribution is 0.199. The number of nitrogens with two attached hydrogens (primary N) is 1. The number of ether oxygens (including phenoxy) is 1. The van der Waals surface area contributed by atoms with Gasteiger partial charge in [0.1, 0.15) is 0 Å². The van der Waals surface area contributed by atoms with Gasteiger partial charge in [0.15, 0.2) is 0 Å². The van der Waals surface area contributed by atoms with Crippen molar-refractivity contribution in [2.75, 3.05) is 12.5 Å². The standard InChI is InChI=1S/C10H15NOS/c1-2-12-8-13-10-5-3-4-9(6-10)7-11/h3-6H,2,7-8,11H2,1H3. The summed E-state index contributed by atoms with van der Waals surface area (Å²) < 4.78 is 5.24. The van der Waals surface area contributed by atoms with Crippen LogP contribution in [0.5, 0.6) is 0 Å². The molecule has 0 bridgehead atoms. The third-order valence-corrected chi connectivity index (χ3v) is 2.52. The Morgan fingerprint density at radius 1 is 1.46 bits per heavy atom. The Hall–Kier alpha value is -0.510. The SMILES string of the molecule is CCOCSc1cccc(CN)c1. The first-order valence-electron chi connectivity index (χ1n) is 4.36. The van der Waals surface area contributed by atoms with Crippen molar-refractivity contribution in [3.63, 3.8) is 0 Å². The maximum Gasteiger partial charge on any atom is 0.0966 e. The van der Waals surface area contributed by atoms with Gasteiger partial charge in [-0.05, 0) is 24.6 Å². The lowest BCUT2D eigenvalue weighted by Crippen LogP contribution is -1.95. The van der Waals surface area contributed by atoms with E-state index in [9.17, 15) is 0 Å². The molecule has 0 atom stereocenters. The highest BCUT2D eigenvalue weighted by Crippen LogP contribution is 2.18. The van der Waals surface area contributed by atoms with Gasteiger partial charge in [0, 0.05) is 18.0 Å². The zero-order chi connectivity index (χ0) is 9.52. The molecule has 2 nitrogen and oxygen atoms in total. The van der Waals surface area contributed by atoms with Crippen LogP contribution in [-0.2, 0) is 11.3 Å². The highest BCUT2D eigenvalue weighted by atomic mass is 32.2. The van der Waals surface area contributed by atoms with Gasteiger partial charge in [-0.1, -0.05) is 23.9 Å². The Morgan fingerprint density at radius 3 is 3.00 bits per heavy atom. The zero-order valence-corrected chi connectivity index (χ0v) is 8.64. The minimum atomic E-state index is 0.600. The van der Waals surface area contributed by atoms with E-state index in [-0.39, 0.29) is 0 Å². The molecule has 0 aliphatic heterocycles. The van der Waals surface area contributed by atoms with Crippen molar-refractivity contribution < 1.29 is 4.74 Å². The van der Waals surface area contributed by atoms with Crippen molar-refractivity contribution in [2.24, 2.45) is 5.73 Å². The topological polar surface area (TPSA) is 35.2 Å². The molecule has 0 spiro atoms. The molecule has 2 N–H and O–H groups in total. The summed E-state index contributed by atoms with van der Waals surface area (Å²) in [7, 11) is 0. The maximum absolute atomic E-state index is 5.53. The number of benzene rings is 1. The average molecular weight is 197 g/mol. The molecular weight excluding hydrogens is 182 g/mol. The smallest absolute Gasteiger partial charge is 0.0966 e. The highest BCUT2D eigenvalue weighted by Gasteiger charge is 1.94. The van der Waals surface area contributed by atoms with E-state index >= 15 is 0 Å². The van der Waals surface area contributed by atoms with Crippen LogP contribution in [0.15, 0.2) is 29.2 Å². The monoisotopic (exact) mass is 197 g/mol. The van der Waals surface area contributed by atoms with E-state index in [0.717, 1.165) is 6.61 Å². The third-order valence-electron chi connectivity index (χ3n) is 1.65. The lowest BCUT2D eigenvalue weighted by Gasteiger charge is -2.03. The molecule has 0 radical (unpaired) electrons. The predicted molar refractivity (Wildman–Crippen MR) is 56.7 cm³/mol. The molecule has 0 aliphatic rings. The number of rotatable bonds is 5. The Balaban J connectivity index is 2.46. The molecule has 3 heteroatoms. The minimum absolute atomic E-state index is 0.600. The minimum Gasteiger partial charge on any atom is -0.371 e. The van der Waals surface area contributed by atoms with Gasteiger partial charge in [-0.2, -0.15) is 0 Å². The van der Waals surface area contributed by atoms with Crippen molar-refractivity contribution in [1.82, 2.24) is 0 Å². The summed E-state index contributed by atoms with van der Waals surface area (Å²) in [5.41, 5.74) is 6.70. The number of hydrogen-bond acceptors (Lipinski definition) is 3. The molecule has 1 aromatic rings. The molecule has 0 amide bonds. The fraction of sp³-hybridized carbons (Fsp3) is 0.400. The van der Waals surface area contributed by atoms with Crippen LogP contribution in [0.25, 0.3) is 0 Å². The van der Waals surface area contributed by atoms with Gasteiger partial charge in [0.25, 0.3) is 0 Å². The highest BCUT2D eigenvalue weighted by molar-refractivity contribution is 7.99. The van der Waals surface area contributed by atoms with Crippen molar-refractivity contribution >= 4 is 11.8 Å². The molecule has 0 fully saturated rings. The Kier molecular flexibility index (Phi) is 4.90. The Morgan fingerprint density at radius 2 is 2.31 bits per heavy atom. The summed E-state index contributed by atoms with van der Waals surface area (Å²) >= 11 is 1.70. The van der Waals surface area contributed by atoms with Crippen LogP contribution < -0.4 is 5.73 Å². The van der Waals surface area contributed by atoms with E-state index in [1.54, 1.807) is 11.8 Å². The molecule has 0 heterocycles. The van der Waals surface area contributed by atoms with Crippen LogP contribution in [0.4, 0.5) is 0 Å². The third kappa shape index (κ3) is 3.81. The molecule has 0 aromatic heterocycles. The van der Waals surface area contributed by atoms with Crippen LogP contribution in [0.2, 0.25) is 0 Å². The van der Waals surface area contributed by atoms with Gasteiger partial charge in [-0.3, -0.25) is 0 Å². The van der Waals surface area contributed by atoms with Crippen molar-refractivity contribution in [3.8, 4) is 0 Å². The summed E-state index contributed by atoms with van der Waals surface area (Å²) in [5.74, 6) is 0.713. The lowest BCUT2D eigenvalue weighted by atomic mass is 10.2. The summed E-state index contributed by atoms with van der Waals surface area (Å²) in [6.07, 6.45) is 0. The van der Waals surface area contributed by atoms with Crippen molar-refractivity contribution in [2.45, 2.75) is 18.4 Å². The molecule has 0 aliphatic carbocycles. The van der Waals surface area contributed by atoms with Crippen LogP contribution in [0.3, 0.4) is 0 Å². The Bertz CT molecular complexity index is 252. The molecule has 72 valence electrons. The Labute approximate surface area is 83.5 Å². The molecule has 0 saturated carbocycles. The first kappa shape index (κ1) is 10.6. The summed E-state index contributed by atoms with van der Waals surface area (Å²) in [6, 6.07) is 8.23. The molecule has 1 aromatic carbocycles. The fourth-order valence-electron chi connectivity index (χ4n) is 0.955. The average Bonchev–Trinajstić information content (AvgIpc) is 2.19. The van der Waals surface area contributed by atoms with E-state index in [0.29, 0.717) is 12.5 Å². The second-order valence-corrected chi connectivity index (χ2v) is 3.60. The van der Waals surface area contributed by atoms with E-state index in [1.165, 1.54) is 10.5 Å². The molecular formula is C10H15NOS. The summed E-state index contributed by atoms with van der Waals surface area (Å²) in [6.45, 7) is 3.36. The largest absolute Gasteiger partial charge is 0.371 e. The zero-order valence-electron chi connectivity index (χ0n) is 7.82. The number of hydrogen-bond donors (Lipinski definition) is 1. The fourth-order valence-corrected chi connectivity index (χ4v) is 1.75. The number of thioether (sulfide) groups is 1. The van der Waals surface area contributed by atoms with Crippen molar-refractivity contribution in [1.29, 1.82) is 0 Å². The van der Waals surface area contributed by atoms with Gasteiger partial charge in [-0.15, -0.1) is 0 Å². The van der Waals surface area contributed by atoms with Gasteiger partial charge in [0.05, 0.1) is 5.94 Å². The van der Waals surface area contributed by atoms with E-state index in [2.05, 4.69) is 12.1 Å². The molecule has 0 unspecified atom stereocenters. The summed E-state index contributed by atoms with van der Waals surface area (Å²) in [5, 5.41) is 0. The van der Waals surface area contributed by atoms with Gasteiger partial charge < -0.3 is 10.5 Å². The van der Waals surface area contributed by atoms with E-state index < -0.39 is 0 Å². The van der Waals surface area contributed by atoms with E-state index in [4.69, 9.17) is 10.5 Å². The predicted octanol–water partition coefficient (Wildman–Crippen LogP) is 2.23. The molecule has 13 heavy (non-hydrogen) atoms.